The highest BCUT2D eigenvalue weighted by atomic mass is 32.2. The second-order valence-corrected chi connectivity index (χ2v) is 12.0. The van der Waals surface area contributed by atoms with Gasteiger partial charge in [-0.15, -0.1) is 0 Å². The highest BCUT2D eigenvalue weighted by Gasteiger charge is 2.43. The van der Waals surface area contributed by atoms with E-state index in [-0.39, 0.29) is 34.1 Å². The summed E-state index contributed by atoms with van der Waals surface area (Å²) in [5, 5.41) is 2.59. The number of carbonyl (C=O) groups is 2. The Morgan fingerprint density at radius 2 is 1.32 bits per heavy atom. The van der Waals surface area contributed by atoms with Crippen LogP contribution < -0.4 is 5.32 Å². The number of carbonyl (C=O) groups excluding carboxylic acids is 2. The molecule has 194 valence electrons. The number of nitrogens with one attached hydrogen (secondary N) is 1. The van der Waals surface area contributed by atoms with E-state index in [1.54, 1.807) is 48.5 Å². The number of piperazine rings is 1. The number of rotatable bonds is 7. The minimum atomic E-state index is -4.15. The lowest BCUT2D eigenvalue weighted by Gasteiger charge is -2.39. The number of sulfonamides is 2. The zero-order valence-corrected chi connectivity index (χ0v) is 21.5. The molecule has 0 spiro atoms. The quantitative estimate of drug-likeness (QED) is 0.452. The molecular formula is C25H25N3O7S2. The van der Waals surface area contributed by atoms with Crippen molar-refractivity contribution in [2.24, 2.45) is 0 Å². The van der Waals surface area contributed by atoms with Crippen LogP contribution in [0.5, 0.6) is 0 Å². The van der Waals surface area contributed by atoms with Crippen molar-refractivity contribution in [1.29, 1.82) is 0 Å². The van der Waals surface area contributed by atoms with Crippen molar-refractivity contribution >= 4 is 37.6 Å². The molecule has 10 nitrogen and oxygen atoms in total. The van der Waals surface area contributed by atoms with Crippen molar-refractivity contribution in [3.63, 3.8) is 0 Å². The van der Waals surface area contributed by atoms with Crippen LogP contribution in [0.1, 0.15) is 10.4 Å². The highest BCUT2D eigenvalue weighted by Crippen LogP contribution is 2.26. The van der Waals surface area contributed by atoms with Crippen LogP contribution >= 0.6 is 0 Å². The maximum absolute atomic E-state index is 13.5. The van der Waals surface area contributed by atoms with Crippen LogP contribution in [0.4, 0.5) is 5.69 Å². The van der Waals surface area contributed by atoms with Crippen molar-refractivity contribution in [2.75, 3.05) is 32.1 Å². The lowest BCUT2D eigenvalue weighted by Crippen LogP contribution is -2.60. The van der Waals surface area contributed by atoms with Gasteiger partial charge in [-0.2, -0.15) is 8.61 Å². The maximum atomic E-state index is 13.5. The Hall–Kier alpha value is -3.58. The van der Waals surface area contributed by atoms with Crippen molar-refractivity contribution in [3.8, 4) is 0 Å². The summed E-state index contributed by atoms with van der Waals surface area (Å²) in [5.74, 6) is -1.48. The number of ether oxygens (including phenoxy) is 1. The summed E-state index contributed by atoms with van der Waals surface area (Å²) in [4.78, 5) is 25.7. The van der Waals surface area contributed by atoms with Gasteiger partial charge < -0.3 is 10.1 Å². The zero-order valence-electron chi connectivity index (χ0n) is 19.9. The van der Waals surface area contributed by atoms with Crippen LogP contribution in [-0.4, -0.2) is 70.1 Å². The number of benzene rings is 3. The van der Waals surface area contributed by atoms with Gasteiger partial charge in [-0.3, -0.25) is 4.79 Å². The van der Waals surface area contributed by atoms with Crippen LogP contribution in [0.2, 0.25) is 0 Å². The van der Waals surface area contributed by atoms with Gasteiger partial charge in [0.15, 0.2) is 0 Å². The van der Waals surface area contributed by atoms with Gasteiger partial charge in [-0.05, 0) is 36.4 Å². The highest BCUT2D eigenvalue weighted by molar-refractivity contribution is 7.89. The largest absolute Gasteiger partial charge is 0.465 e. The first-order chi connectivity index (χ1) is 17.7. The van der Waals surface area contributed by atoms with Crippen molar-refractivity contribution < 1.29 is 31.2 Å². The van der Waals surface area contributed by atoms with E-state index in [9.17, 15) is 26.4 Å². The summed E-state index contributed by atoms with van der Waals surface area (Å²) in [6.45, 7) is -0.818. The van der Waals surface area contributed by atoms with Gasteiger partial charge in [0.25, 0.3) is 0 Å². The third kappa shape index (κ3) is 5.42. The van der Waals surface area contributed by atoms with Crippen LogP contribution in [0, 0.1) is 0 Å². The second kappa shape index (κ2) is 10.8. The van der Waals surface area contributed by atoms with E-state index < -0.39 is 44.5 Å². The average Bonchev–Trinajstić information content (AvgIpc) is 2.93. The smallest absolute Gasteiger partial charge is 0.339 e. The third-order valence-corrected chi connectivity index (χ3v) is 9.72. The summed E-state index contributed by atoms with van der Waals surface area (Å²) >= 11 is 0. The third-order valence-electron chi connectivity index (χ3n) is 5.92. The number of esters is 1. The Kier molecular flexibility index (Phi) is 7.73. The SMILES string of the molecule is COC(=O)c1ccccc1NC(=O)[C@H]1CN(S(=O)(=O)c2ccccc2)CCN1S(=O)(=O)c1ccccc1. The monoisotopic (exact) mass is 543 g/mol. The molecule has 1 N–H and O–H groups in total. The van der Waals surface area contributed by atoms with E-state index in [0.29, 0.717) is 0 Å². The Morgan fingerprint density at radius 3 is 1.92 bits per heavy atom. The molecule has 4 rings (SSSR count). The van der Waals surface area contributed by atoms with Gasteiger partial charge in [0.05, 0.1) is 28.2 Å². The molecule has 1 heterocycles. The predicted octanol–water partition coefficient (Wildman–Crippen LogP) is 2.18. The minimum absolute atomic E-state index is 0.0258. The lowest BCUT2D eigenvalue weighted by atomic mass is 10.1. The standard InChI is InChI=1S/C25H25N3O7S2/c1-35-25(30)21-14-8-9-15-22(21)26-24(29)23-18-27(36(31,32)19-10-4-2-5-11-19)16-17-28(23)37(33,34)20-12-6-3-7-13-20/h2-15,23H,16-18H2,1H3,(H,26,29)/t23-/m1/s1. The van der Waals surface area contributed by atoms with Crippen LogP contribution in [0.25, 0.3) is 0 Å². The van der Waals surface area contributed by atoms with E-state index in [1.165, 1.54) is 43.5 Å². The van der Waals surface area contributed by atoms with Gasteiger partial charge in [0, 0.05) is 19.6 Å². The molecule has 0 radical (unpaired) electrons. The lowest BCUT2D eigenvalue weighted by molar-refractivity contribution is -0.120. The fraction of sp³-hybridized carbons (Fsp3) is 0.200. The number of amides is 1. The van der Waals surface area contributed by atoms with Gasteiger partial charge in [0.1, 0.15) is 6.04 Å². The summed E-state index contributed by atoms with van der Waals surface area (Å²) < 4.78 is 60.4. The molecular weight excluding hydrogens is 518 g/mol. The van der Waals surface area contributed by atoms with E-state index in [0.717, 1.165) is 8.61 Å². The molecule has 12 heteroatoms. The summed E-state index contributed by atoms with van der Waals surface area (Å²) in [6, 6.07) is 20.0. The van der Waals surface area contributed by atoms with Gasteiger partial charge in [0.2, 0.25) is 26.0 Å². The number of nitrogens with zero attached hydrogens (tertiary/aromatic N) is 2. The number of para-hydroxylation sites is 1. The number of methoxy groups -OCH3 is 1. The van der Waals surface area contributed by atoms with E-state index in [4.69, 9.17) is 4.74 Å². The fourth-order valence-electron chi connectivity index (χ4n) is 4.03. The summed E-state index contributed by atoms with van der Waals surface area (Å²) in [6.07, 6.45) is 0. The Morgan fingerprint density at radius 1 is 0.784 bits per heavy atom. The number of hydrogen-bond donors (Lipinski definition) is 1. The van der Waals surface area contributed by atoms with Crippen molar-refractivity contribution in [1.82, 2.24) is 8.61 Å². The van der Waals surface area contributed by atoms with Crippen LogP contribution in [-0.2, 0) is 29.6 Å². The maximum Gasteiger partial charge on any atom is 0.339 e. The molecule has 1 aliphatic rings. The topological polar surface area (TPSA) is 130 Å². The van der Waals surface area contributed by atoms with E-state index in [1.807, 2.05) is 0 Å². The fourth-order valence-corrected chi connectivity index (χ4v) is 7.08. The van der Waals surface area contributed by atoms with Gasteiger partial charge >= 0.3 is 5.97 Å². The Bertz CT molecular complexity index is 1500. The van der Waals surface area contributed by atoms with Gasteiger partial charge in [-0.25, -0.2) is 21.6 Å². The molecule has 0 aromatic heterocycles. The van der Waals surface area contributed by atoms with Crippen molar-refractivity contribution in [3.05, 3.63) is 90.5 Å². The minimum Gasteiger partial charge on any atom is -0.465 e. The van der Waals surface area contributed by atoms with Crippen molar-refractivity contribution in [2.45, 2.75) is 15.8 Å². The molecule has 3 aromatic rings. The van der Waals surface area contributed by atoms with Crippen LogP contribution in [0.3, 0.4) is 0 Å². The Labute approximate surface area is 215 Å². The van der Waals surface area contributed by atoms with E-state index in [2.05, 4.69) is 5.32 Å². The first kappa shape index (κ1) is 26.5. The molecule has 0 saturated carbocycles. The zero-order chi connectivity index (χ0) is 26.6. The summed E-state index contributed by atoms with van der Waals surface area (Å²) in [5.41, 5.74) is 0.180. The molecule has 1 fully saturated rings. The van der Waals surface area contributed by atoms with Crippen LogP contribution in [0.15, 0.2) is 94.7 Å². The van der Waals surface area contributed by atoms with E-state index >= 15 is 0 Å². The molecule has 0 unspecified atom stereocenters. The number of anilines is 1. The average molecular weight is 544 g/mol. The molecule has 0 bridgehead atoms. The predicted molar refractivity (Wildman–Crippen MR) is 136 cm³/mol. The molecule has 1 amide bonds. The first-order valence-corrected chi connectivity index (χ1v) is 14.1. The summed E-state index contributed by atoms with van der Waals surface area (Å²) in [7, 11) is -6.96. The number of hydrogen-bond acceptors (Lipinski definition) is 7. The molecule has 3 aromatic carbocycles. The molecule has 1 saturated heterocycles. The molecule has 0 aliphatic carbocycles. The molecule has 1 atom stereocenters. The molecule has 37 heavy (non-hydrogen) atoms. The van der Waals surface area contributed by atoms with Gasteiger partial charge in [-0.1, -0.05) is 48.5 Å². The Balaban J connectivity index is 1.71. The molecule has 1 aliphatic heterocycles. The normalized spacial score (nSPS) is 17.2. The second-order valence-electron chi connectivity index (χ2n) is 8.15. The first-order valence-electron chi connectivity index (χ1n) is 11.3.